The Labute approximate surface area is 125 Å². The quantitative estimate of drug-likeness (QED) is 0.629. The summed E-state index contributed by atoms with van der Waals surface area (Å²) in [7, 11) is 0. The first-order valence-corrected chi connectivity index (χ1v) is 7.31. The summed E-state index contributed by atoms with van der Waals surface area (Å²) in [5.74, 6) is -1.78. The van der Waals surface area contributed by atoms with Gasteiger partial charge in [-0.2, -0.15) is 0 Å². The second-order valence-electron chi connectivity index (χ2n) is 4.88. The van der Waals surface area contributed by atoms with Crippen LogP contribution in [0, 0.1) is 5.92 Å². The third-order valence-electron chi connectivity index (χ3n) is 3.16. The lowest BCUT2D eigenvalue weighted by Crippen LogP contribution is -2.51. The summed E-state index contributed by atoms with van der Waals surface area (Å²) in [6, 6.07) is -1.53. The Kier molecular flexibility index (Phi) is 9.16. The molecule has 2 amide bonds. The predicted octanol–water partition coefficient (Wildman–Crippen LogP) is 1.47. The van der Waals surface area contributed by atoms with Crippen LogP contribution < -0.4 is 5.32 Å². The lowest BCUT2D eigenvalue weighted by molar-refractivity contribution is -0.143. The molecule has 2 unspecified atom stereocenters. The van der Waals surface area contributed by atoms with E-state index in [1.165, 1.54) is 4.90 Å². The molecule has 0 aromatic heterocycles. The Balaban J connectivity index is 4.78. The number of urea groups is 1. The fourth-order valence-corrected chi connectivity index (χ4v) is 1.79. The van der Waals surface area contributed by atoms with Gasteiger partial charge in [-0.15, -0.1) is 0 Å². The van der Waals surface area contributed by atoms with Gasteiger partial charge in [-0.3, -0.25) is 4.79 Å². The maximum Gasteiger partial charge on any atom is 0.326 e. The van der Waals surface area contributed by atoms with Crippen molar-refractivity contribution in [3.05, 3.63) is 0 Å². The molecule has 0 rings (SSSR count). The largest absolute Gasteiger partial charge is 0.480 e. The van der Waals surface area contributed by atoms with E-state index in [4.69, 9.17) is 4.74 Å². The van der Waals surface area contributed by atoms with Crippen LogP contribution in [0.2, 0.25) is 0 Å². The minimum atomic E-state index is -1.08. The zero-order valence-corrected chi connectivity index (χ0v) is 13.2. The number of carboxylic acid groups (broad SMARTS) is 1. The van der Waals surface area contributed by atoms with Crippen molar-refractivity contribution in [2.45, 2.75) is 46.6 Å². The van der Waals surface area contributed by atoms with Crippen LogP contribution in [-0.4, -0.2) is 53.7 Å². The summed E-state index contributed by atoms with van der Waals surface area (Å²) in [6.45, 7) is 7.59. The van der Waals surface area contributed by atoms with Gasteiger partial charge in [0.2, 0.25) is 0 Å². The van der Waals surface area contributed by atoms with E-state index < -0.39 is 24.0 Å². The third kappa shape index (κ3) is 6.97. The smallest absolute Gasteiger partial charge is 0.326 e. The molecule has 0 radical (unpaired) electrons. The Hall–Kier alpha value is -1.79. The van der Waals surface area contributed by atoms with Gasteiger partial charge in [0, 0.05) is 6.54 Å². The van der Waals surface area contributed by atoms with Gasteiger partial charge in [-0.05, 0) is 19.3 Å². The van der Waals surface area contributed by atoms with E-state index in [0.717, 1.165) is 0 Å². The summed E-state index contributed by atoms with van der Waals surface area (Å²) in [5, 5.41) is 11.7. The zero-order chi connectivity index (χ0) is 16.4. The van der Waals surface area contributed by atoms with Crippen molar-refractivity contribution in [1.29, 1.82) is 0 Å². The highest BCUT2D eigenvalue weighted by atomic mass is 16.5. The molecule has 0 aliphatic rings. The van der Waals surface area contributed by atoms with Gasteiger partial charge in [-0.1, -0.05) is 27.2 Å². The summed E-state index contributed by atoms with van der Waals surface area (Å²) < 4.78 is 4.81. The number of hydrogen-bond acceptors (Lipinski definition) is 4. The topological polar surface area (TPSA) is 95.9 Å². The van der Waals surface area contributed by atoms with E-state index in [0.29, 0.717) is 19.4 Å². The molecule has 122 valence electrons. The molecule has 0 fully saturated rings. The van der Waals surface area contributed by atoms with Crippen molar-refractivity contribution in [2.24, 2.45) is 5.92 Å². The van der Waals surface area contributed by atoms with Gasteiger partial charge in [0.05, 0.1) is 6.61 Å². The second-order valence-corrected chi connectivity index (χ2v) is 4.88. The van der Waals surface area contributed by atoms with Crippen molar-refractivity contribution in [1.82, 2.24) is 10.2 Å². The first kappa shape index (κ1) is 19.2. The van der Waals surface area contributed by atoms with Crippen LogP contribution in [0.15, 0.2) is 0 Å². The lowest BCUT2D eigenvalue weighted by atomic mass is 9.99. The molecule has 0 heterocycles. The first-order valence-electron chi connectivity index (χ1n) is 7.31. The zero-order valence-electron chi connectivity index (χ0n) is 13.2. The number of hydrogen-bond donors (Lipinski definition) is 2. The van der Waals surface area contributed by atoms with E-state index in [9.17, 15) is 19.5 Å². The molecule has 0 bridgehead atoms. The maximum atomic E-state index is 12.2. The second kappa shape index (κ2) is 10.0. The molecule has 0 saturated heterocycles. The molecule has 0 saturated carbocycles. The van der Waals surface area contributed by atoms with Crippen LogP contribution in [0.4, 0.5) is 4.79 Å². The van der Waals surface area contributed by atoms with Crippen LogP contribution in [0.1, 0.15) is 40.5 Å². The number of nitrogens with zero attached hydrogens (tertiary/aromatic N) is 1. The van der Waals surface area contributed by atoms with Gasteiger partial charge >= 0.3 is 18.0 Å². The molecular weight excluding hydrogens is 276 g/mol. The minimum Gasteiger partial charge on any atom is -0.480 e. The first-order chi connectivity index (χ1) is 9.87. The lowest BCUT2D eigenvalue weighted by Gasteiger charge is -2.26. The number of aliphatic carboxylic acids is 1. The molecule has 0 aliphatic carbocycles. The third-order valence-corrected chi connectivity index (χ3v) is 3.16. The average molecular weight is 302 g/mol. The minimum absolute atomic E-state index is 0.180. The van der Waals surface area contributed by atoms with Crippen LogP contribution >= 0.6 is 0 Å². The molecule has 0 spiro atoms. The molecule has 0 aromatic carbocycles. The molecular formula is C14H26N2O5. The Morgan fingerprint density at radius 2 is 1.86 bits per heavy atom. The van der Waals surface area contributed by atoms with Crippen molar-refractivity contribution < 1.29 is 24.2 Å². The van der Waals surface area contributed by atoms with Crippen molar-refractivity contribution in [3.63, 3.8) is 0 Å². The fourth-order valence-electron chi connectivity index (χ4n) is 1.79. The summed E-state index contributed by atoms with van der Waals surface area (Å²) in [6.07, 6.45) is 1.29. The molecule has 0 aromatic rings. The van der Waals surface area contributed by atoms with Crippen molar-refractivity contribution in [2.75, 3.05) is 19.7 Å². The average Bonchev–Trinajstić information content (AvgIpc) is 2.43. The van der Waals surface area contributed by atoms with E-state index in [-0.39, 0.29) is 19.1 Å². The highest BCUT2D eigenvalue weighted by molar-refractivity contribution is 5.85. The normalized spacial score (nSPS) is 13.1. The molecule has 7 heteroatoms. The van der Waals surface area contributed by atoms with E-state index in [1.54, 1.807) is 13.8 Å². The molecule has 21 heavy (non-hydrogen) atoms. The number of carbonyl (C=O) groups is 3. The summed E-state index contributed by atoms with van der Waals surface area (Å²) in [4.78, 5) is 36.1. The van der Waals surface area contributed by atoms with Crippen LogP contribution in [0.5, 0.6) is 0 Å². The SMILES string of the molecule is CCCN(CC(=O)OCC)C(=O)NC(C(=O)O)C(C)CC. The number of amides is 2. The monoisotopic (exact) mass is 302 g/mol. The fraction of sp³-hybridized carbons (Fsp3) is 0.786. The maximum absolute atomic E-state index is 12.2. The number of carboxylic acids is 1. The number of esters is 1. The van der Waals surface area contributed by atoms with Crippen LogP contribution in [0.25, 0.3) is 0 Å². The van der Waals surface area contributed by atoms with Crippen LogP contribution in [-0.2, 0) is 14.3 Å². The number of nitrogens with one attached hydrogen (secondary N) is 1. The molecule has 7 nitrogen and oxygen atoms in total. The number of ether oxygens (including phenoxy) is 1. The molecule has 0 aliphatic heterocycles. The van der Waals surface area contributed by atoms with E-state index >= 15 is 0 Å². The molecule has 2 atom stereocenters. The summed E-state index contributed by atoms with van der Waals surface area (Å²) >= 11 is 0. The van der Waals surface area contributed by atoms with Gasteiger partial charge in [-0.25, -0.2) is 9.59 Å². The summed E-state index contributed by atoms with van der Waals surface area (Å²) in [5.41, 5.74) is 0. The number of carbonyl (C=O) groups excluding carboxylic acids is 2. The highest BCUT2D eigenvalue weighted by Gasteiger charge is 2.28. The van der Waals surface area contributed by atoms with E-state index in [1.807, 2.05) is 13.8 Å². The highest BCUT2D eigenvalue weighted by Crippen LogP contribution is 2.09. The van der Waals surface area contributed by atoms with Crippen LogP contribution in [0.3, 0.4) is 0 Å². The Morgan fingerprint density at radius 3 is 2.29 bits per heavy atom. The Bertz CT molecular complexity index is 359. The van der Waals surface area contributed by atoms with Gasteiger partial charge in [0.25, 0.3) is 0 Å². The van der Waals surface area contributed by atoms with Crippen molar-refractivity contribution in [3.8, 4) is 0 Å². The van der Waals surface area contributed by atoms with Crippen molar-refractivity contribution >= 4 is 18.0 Å². The van der Waals surface area contributed by atoms with Gasteiger partial charge < -0.3 is 20.1 Å². The van der Waals surface area contributed by atoms with E-state index in [2.05, 4.69) is 5.32 Å². The molecule has 2 N–H and O–H groups in total. The van der Waals surface area contributed by atoms with Gasteiger partial charge in [0.1, 0.15) is 12.6 Å². The predicted molar refractivity (Wildman–Crippen MR) is 77.9 cm³/mol. The Morgan fingerprint density at radius 1 is 1.24 bits per heavy atom. The number of rotatable bonds is 9. The van der Waals surface area contributed by atoms with Gasteiger partial charge in [0.15, 0.2) is 0 Å². The standard InChI is InChI=1S/C14H26N2O5/c1-5-8-16(9-11(17)21-7-3)14(20)15-12(13(18)19)10(4)6-2/h10,12H,5-9H2,1-4H3,(H,15,20)(H,18,19).